The van der Waals surface area contributed by atoms with Gasteiger partial charge >= 0.3 is 0 Å². The van der Waals surface area contributed by atoms with Crippen molar-refractivity contribution in [1.29, 1.82) is 0 Å². The number of nitrogens with one attached hydrogen (secondary N) is 1. The van der Waals surface area contributed by atoms with E-state index in [0.29, 0.717) is 12.2 Å². The topological polar surface area (TPSA) is 56.6 Å². The van der Waals surface area contributed by atoms with Gasteiger partial charge in [0.15, 0.2) is 0 Å². The van der Waals surface area contributed by atoms with Gasteiger partial charge in [0.2, 0.25) is 0 Å². The van der Waals surface area contributed by atoms with Crippen LogP contribution in [-0.4, -0.2) is 26.2 Å². The van der Waals surface area contributed by atoms with Crippen LogP contribution in [0.5, 0.6) is 0 Å². The second-order valence-corrected chi connectivity index (χ2v) is 7.73. The van der Waals surface area contributed by atoms with Gasteiger partial charge in [-0.2, -0.15) is 5.10 Å². The summed E-state index contributed by atoms with van der Waals surface area (Å²) in [6, 6.07) is 15.7. The molecular formula is C23H26N5O+. The molecule has 0 spiro atoms. The van der Waals surface area contributed by atoms with E-state index < -0.39 is 0 Å². The Bertz CT molecular complexity index is 1220. The molecular weight excluding hydrogens is 362 g/mol. The first-order valence-corrected chi connectivity index (χ1v) is 9.83. The van der Waals surface area contributed by atoms with Gasteiger partial charge in [-0.3, -0.25) is 9.20 Å². The van der Waals surface area contributed by atoms with E-state index in [1.54, 1.807) is 10.5 Å². The minimum atomic E-state index is -0.0363. The first kappa shape index (κ1) is 19.1. The zero-order valence-corrected chi connectivity index (χ0v) is 17.3. The molecule has 0 saturated carbocycles. The maximum atomic E-state index is 12.5. The standard InChI is InChI=1S/C23H25N5O/c1-16-10-11-22-24-19(12-23(29)27(22)13-16)14-26(4)15-21-17(2)25-28(18(21)3)20-8-6-5-7-9-20/h5-13H,14-15H2,1-4H3/p+1. The second kappa shape index (κ2) is 7.64. The molecule has 4 rings (SSSR count). The fraction of sp³-hybridized carbons (Fsp3) is 0.261. The zero-order chi connectivity index (χ0) is 20.5. The first-order valence-electron chi connectivity index (χ1n) is 9.83. The maximum Gasteiger partial charge on any atom is 0.258 e. The van der Waals surface area contributed by atoms with Gasteiger partial charge in [-0.1, -0.05) is 24.3 Å². The monoisotopic (exact) mass is 388 g/mol. The molecule has 6 nitrogen and oxygen atoms in total. The van der Waals surface area contributed by atoms with Crippen molar-refractivity contribution < 1.29 is 4.90 Å². The number of aryl methyl sites for hydroxylation is 2. The summed E-state index contributed by atoms with van der Waals surface area (Å²) < 4.78 is 3.60. The van der Waals surface area contributed by atoms with Crippen molar-refractivity contribution in [3.8, 4) is 5.69 Å². The Morgan fingerprint density at radius 3 is 2.52 bits per heavy atom. The molecule has 4 aromatic rings. The van der Waals surface area contributed by atoms with Crippen LogP contribution >= 0.6 is 0 Å². The van der Waals surface area contributed by atoms with Gasteiger partial charge in [-0.15, -0.1) is 0 Å². The summed E-state index contributed by atoms with van der Waals surface area (Å²) in [5.74, 6) is 0. The number of benzene rings is 1. The molecule has 0 radical (unpaired) electrons. The molecule has 3 aromatic heterocycles. The van der Waals surface area contributed by atoms with E-state index in [0.717, 1.165) is 34.9 Å². The van der Waals surface area contributed by atoms with Crippen LogP contribution in [0.4, 0.5) is 0 Å². The lowest BCUT2D eigenvalue weighted by Crippen LogP contribution is -3.06. The molecule has 0 saturated heterocycles. The van der Waals surface area contributed by atoms with Crippen LogP contribution in [0, 0.1) is 20.8 Å². The quantitative estimate of drug-likeness (QED) is 0.569. The van der Waals surface area contributed by atoms with Crippen molar-refractivity contribution in [1.82, 2.24) is 19.2 Å². The van der Waals surface area contributed by atoms with Crippen LogP contribution in [0.1, 0.15) is 28.2 Å². The predicted molar refractivity (Wildman–Crippen MR) is 114 cm³/mol. The average Bonchev–Trinajstić information content (AvgIpc) is 2.97. The van der Waals surface area contributed by atoms with Crippen LogP contribution in [0.25, 0.3) is 11.3 Å². The van der Waals surface area contributed by atoms with Gasteiger partial charge in [-0.25, -0.2) is 9.67 Å². The van der Waals surface area contributed by atoms with Gasteiger partial charge in [-0.05, 0) is 44.5 Å². The third-order valence-corrected chi connectivity index (χ3v) is 5.26. The highest BCUT2D eigenvalue weighted by Gasteiger charge is 2.17. The van der Waals surface area contributed by atoms with Gasteiger partial charge in [0.25, 0.3) is 5.56 Å². The molecule has 148 valence electrons. The summed E-state index contributed by atoms with van der Waals surface area (Å²) in [4.78, 5) is 18.4. The predicted octanol–water partition coefficient (Wildman–Crippen LogP) is 2.02. The van der Waals surface area contributed by atoms with Crippen molar-refractivity contribution in [2.45, 2.75) is 33.9 Å². The normalized spacial score (nSPS) is 12.4. The second-order valence-electron chi connectivity index (χ2n) is 7.73. The molecule has 1 unspecified atom stereocenters. The minimum absolute atomic E-state index is 0.0363. The van der Waals surface area contributed by atoms with Crippen molar-refractivity contribution >= 4 is 5.65 Å². The van der Waals surface area contributed by atoms with Crippen LogP contribution in [0.2, 0.25) is 0 Å². The van der Waals surface area contributed by atoms with Gasteiger partial charge in [0, 0.05) is 12.3 Å². The summed E-state index contributed by atoms with van der Waals surface area (Å²) in [6.07, 6.45) is 1.83. The van der Waals surface area contributed by atoms with Gasteiger partial charge in [0.1, 0.15) is 24.4 Å². The van der Waals surface area contributed by atoms with E-state index in [-0.39, 0.29) is 5.56 Å². The largest absolute Gasteiger partial charge is 0.328 e. The molecule has 0 aliphatic heterocycles. The summed E-state index contributed by atoms with van der Waals surface area (Å²) in [5, 5.41) is 4.74. The van der Waals surface area contributed by atoms with E-state index in [9.17, 15) is 4.79 Å². The number of para-hydroxylation sites is 1. The van der Waals surface area contributed by atoms with E-state index in [2.05, 4.69) is 38.0 Å². The summed E-state index contributed by atoms with van der Waals surface area (Å²) >= 11 is 0. The fourth-order valence-corrected chi connectivity index (χ4v) is 3.77. The Kier molecular flexibility index (Phi) is 5.03. The zero-order valence-electron chi connectivity index (χ0n) is 17.3. The van der Waals surface area contributed by atoms with E-state index in [4.69, 9.17) is 5.10 Å². The molecule has 1 aromatic carbocycles. The summed E-state index contributed by atoms with van der Waals surface area (Å²) in [7, 11) is 2.12. The van der Waals surface area contributed by atoms with Crippen molar-refractivity contribution in [3.05, 3.63) is 93.3 Å². The molecule has 1 atom stereocenters. The van der Waals surface area contributed by atoms with E-state index in [1.807, 2.05) is 48.1 Å². The average molecular weight is 388 g/mol. The molecule has 29 heavy (non-hydrogen) atoms. The minimum Gasteiger partial charge on any atom is -0.328 e. The van der Waals surface area contributed by atoms with Gasteiger partial charge in [0.05, 0.1) is 29.7 Å². The Morgan fingerprint density at radius 2 is 1.76 bits per heavy atom. The Balaban J connectivity index is 1.57. The van der Waals surface area contributed by atoms with Crippen molar-refractivity contribution in [2.75, 3.05) is 7.05 Å². The molecule has 1 N–H and O–H groups in total. The SMILES string of the molecule is Cc1ccc2nc(C[NH+](C)Cc3c(C)nn(-c4ccccc4)c3C)cc(=O)n2c1. The van der Waals surface area contributed by atoms with E-state index >= 15 is 0 Å². The maximum absolute atomic E-state index is 12.5. The van der Waals surface area contributed by atoms with Crippen LogP contribution in [0.3, 0.4) is 0 Å². The molecule has 6 heteroatoms. The number of nitrogens with zero attached hydrogens (tertiary/aromatic N) is 4. The summed E-state index contributed by atoms with van der Waals surface area (Å²) in [6.45, 7) is 7.63. The lowest BCUT2D eigenvalue weighted by Gasteiger charge is -2.14. The number of hydrogen-bond acceptors (Lipinski definition) is 3. The lowest BCUT2D eigenvalue weighted by atomic mass is 10.2. The highest BCUT2D eigenvalue weighted by molar-refractivity contribution is 5.40. The number of quaternary nitrogens is 1. The molecule has 0 aliphatic carbocycles. The molecule has 0 amide bonds. The van der Waals surface area contributed by atoms with Gasteiger partial charge < -0.3 is 4.90 Å². The number of aromatic nitrogens is 4. The van der Waals surface area contributed by atoms with Crippen LogP contribution in [0.15, 0.2) is 59.5 Å². The van der Waals surface area contributed by atoms with Crippen molar-refractivity contribution in [2.24, 2.45) is 0 Å². The Labute approximate surface area is 170 Å². The molecule has 0 fully saturated rings. The third-order valence-electron chi connectivity index (χ3n) is 5.26. The Hall–Kier alpha value is -3.25. The molecule has 0 aliphatic rings. The number of hydrogen-bond donors (Lipinski definition) is 1. The number of rotatable bonds is 5. The highest BCUT2D eigenvalue weighted by Crippen LogP contribution is 2.17. The van der Waals surface area contributed by atoms with Crippen LogP contribution in [-0.2, 0) is 13.1 Å². The third kappa shape index (κ3) is 3.84. The number of fused-ring (bicyclic) bond motifs is 1. The number of pyridine rings is 1. The summed E-state index contributed by atoms with van der Waals surface area (Å²) in [5.41, 5.74) is 6.99. The highest BCUT2D eigenvalue weighted by atomic mass is 16.1. The molecule has 3 heterocycles. The Morgan fingerprint density at radius 1 is 1.00 bits per heavy atom. The first-order chi connectivity index (χ1) is 13.9. The van der Waals surface area contributed by atoms with Crippen molar-refractivity contribution in [3.63, 3.8) is 0 Å². The van der Waals surface area contributed by atoms with Crippen LogP contribution < -0.4 is 10.5 Å². The fourth-order valence-electron chi connectivity index (χ4n) is 3.77. The lowest BCUT2D eigenvalue weighted by molar-refractivity contribution is -0.908. The molecule has 0 bridgehead atoms. The van der Waals surface area contributed by atoms with E-state index in [1.165, 1.54) is 10.5 Å². The smallest absolute Gasteiger partial charge is 0.258 e.